The zero-order valence-corrected chi connectivity index (χ0v) is 15.3. The normalized spacial score (nSPS) is 15.3. The second-order valence-electron chi connectivity index (χ2n) is 6.35. The van der Waals surface area contributed by atoms with E-state index in [1.54, 1.807) is 24.4 Å². The number of para-hydroxylation sites is 1. The van der Waals surface area contributed by atoms with Gasteiger partial charge in [-0.2, -0.15) is 8.78 Å². The Morgan fingerprint density at radius 2 is 1.86 bits per heavy atom. The molecule has 0 saturated heterocycles. The SMILES string of the molecule is CC(=O)N1C=Cc2ccccc2C1CC(=O)NCc1ccccc1OC(F)F. The van der Waals surface area contributed by atoms with Crippen molar-refractivity contribution in [2.75, 3.05) is 0 Å². The summed E-state index contributed by atoms with van der Waals surface area (Å²) in [6.07, 6.45) is 3.57. The van der Waals surface area contributed by atoms with Crippen LogP contribution in [0.25, 0.3) is 6.08 Å². The van der Waals surface area contributed by atoms with Gasteiger partial charge in [-0.15, -0.1) is 0 Å². The van der Waals surface area contributed by atoms with Gasteiger partial charge in [0.15, 0.2) is 0 Å². The maximum Gasteiger partial charge on any atom is 0.387 e. The molecule has 1 unspecified atom stereocenters. The molecule has 28 heavy (non-hydrogen) atoms. The molecule has 2 aromatic carbocycles. The zero-order valence-electron chi connectivity index (χ0n) is 15.3. The van der Waals surface area contributed by atoms with Crippen LogP contribution in [0.1, 0.15) is 36.1 Å². The van der Waals surface area contributed by atoms with Crippen molar-refractivity contribution < 1.29 is 23.1 Å². The molecule has 146 valence electrons. The van der Waals surface area contributed by atoms with Crippen LogP contribution < -0.4 is 10.1 Å². The third kappa shape index (κ3) is 4.54. The van der Waals surface area contributed by atoms with Crippen LogP contribution in [0.3, 0.4) is 0 Å². The Morgan fingerprint density at radius 3 is 2.61 bits per heavy atom. The van der Waals surface area contributed by atoms with Crippen molar-refractivity contribution in [1.29, 1.82) is 0 Å². The van der Waals surface area contributed by atoms with Gasteiger partial charge in [0.05, 0.1) is 12.5 Å². The Labute approximate surface area is 161 Å². The number of carbonyl (C=O) groups excluding carboxylic acids is 2. The highest BCUT2D eigenvalue weighted by molar-refractivity contribution is 5.81. The van der Waals surface area contributed by atoms with Crippen molar-refractivity contribution in [2.24, 2.45) is 0 Å². The summed E-state index contributed by atoms with van der Waals surface area (Å²) in [5.74, 6) is -0.443. The van der Waals surface area contributed by atoms with Crippen LogP contribution in [0.2, 0.25) is 0 Å². The summed E-state index contributed by atoms with van der Waals surface area (Å²) < 4.78 is 29.5. The topological polar surface area (TPSA) is 58.6 Å². The van der Waals surface area contributed by atoms with Crippen LogP contribution in [0.4, 0.5) is 8.78 Å². The fraction of sp³-hybridized carbons (Fsp3) is 0.238. The lowest BCUT2D eigenvalue weighted by atomic mass is 9.93. The molecular formula is C21H20F2N2O3. The van der Waals surface area contributed by atoms with Crippen molar-refractivity contribution in [3.63, 3.8) is 0 Å². The Balaban J connectivity index is 1.70. The van der Waals surface area contributed by atoms with Crippen LogP contribution in [0.5, 0.6) is 5.75 Å². The van der Waals surface area contributed by atoms with Crippen molar-refractivity contribution in [1.82, 2.24) is 10.2 Å². The number of alkyl halides is 2. The number of halogens is 2. The summed E-state index contributed by atoms with van der Waals surface area (Å²) in [4.78, 5) is 26.0. The van der Waals surface area contributed by atoms with E-state index in [0.29, 0.717) is 5.56 Å². The van der Waals surface area contributed by atoms with Gasteiger partial charge in [0.1, 0.15) is 5.75 Å². The molecule has 0 bridgehead atoms. The third-order valence-electron chi connectivity index (χ3n) is 4.51. The van der Waals surface area contributed by atoms with Gasteiger partial charge in [0.25, 0.3) is 0 Å². The molecular weight excluding hydrogens is 366 g/mol. The molecule has 0 aliphatic carbocycles. The molecule has 1 heterocycles. The van der Waals surface area contributed by atoms with E-state index in [4.69, 9.17) is 0 Å². The highest BCUT2D eigenvalue weighted by atomic mass is 19.3. The predicted octanol–water partition coefficient (Wildman–Crippen LogP) is 3.87. The summed E-state index contributed by atoms with van der Waals surface area (Å²) in [5, 5.41) is 2.72. The lowest BCUT2D eigenvalue weighted by Crippen LogP contribution is -2.35. The van der Waals surface area contributed by atoms with Crippen molar-refractivity contribution in [3.8, 4) is 5.75 Å². The molecule has 1 aliphatic rings. The van der Waals surface area contributed by atoms with Gasteiger partial charge in [-0.25, -0.2) is 0 Å². The van der Waals surface area contributed by atoms with Gasteiger partial charge in [-0.1, -0.05) is 42.5 Å². The zero-order chi connectivity index (χ0) is 20.1. The average molecular weight is 386 g/mol. The molecule has 2 aromatic rings. The van der Waals surface area contributed by atoms with Gasteiger partial charge in [-0.05, 0) is 23.3 Å². The van der Waals surface area contributed by atoms with E-state index < -0.39 is 12.7 Å². The number of nitrogens with one attached hydrogen (secondary N) is 1. The molecule has 0 saturated carbocycles. The lowest BCUT2D eigenvalue weighted by Gasteiger charge is -2.32. The highest BCUT2D eigenvalue weighted by Gasteiger charge is 2.28. The fourth-order valence-electron chi connectivity index (χ4n) is 3.22. The lowest BCUT2D eigenvalue weighted by molar-refractivity contribution is -0.130. The second-order valence-corrected chi connectivity index (χ2v) is 6.35. The molecule has 3 rings (SSSR count). The minimum atomic E-state index is -2.94. The number of carbonyl (C=O) groups is 2. The maximum atomic E-state index is 12.5. The first-order valence-electron chi connectivity index (χ1n) is 8.81. The van der Waals surface area contributed by atoms with Crippen molar-refractivity contribution >= 4 is 17.9 Å². The van der Waals surface area contributed by atoms with E-state index in [-0.39, 0.29) is 30.5 Å². The Morgan fingerprint density at radius 1 is 1.14 bits per heavy atom. The molecule has 2 amide bonds. The van der Waals surface area contributed by atoms with Gasteiger partial charge in [-0.3, -0.25) is 9.59 Å². The maximum absolute atomic E-state index is 12.5. The van der Waals surface area contributed by atoms with E-state index in [2.05, 4.69) is 10.1 Å². The first-order chi connectivity index (χ1) is 13.5. The Bertz CT molecular complexity index is 899. The number of hydrogen-bond acceptors (Lipinski definition) is 3. The summed E-state index contributed by atoms with van der Waals surface area (Å²) in [7, 11) is 0. The van der Waals surface area contributed by atoms with Gasteiger partial charge in [0, 0.05) is 25.2 Å². The average Bonchev–Trinajstić information content (AvgIpc) is 2.67. The van der Waals surface area contributed by atoms with E-state index in [0.717, 1.165) is 11.1 Å². The summed E-state index contributed by atoms with van der Waals surface area (Å²) in [6, 6.07) is 13.4. The molecule has 1 N–H and O–H groups in total. The molecule has 7 heteroatoms. The summed E-state index contributed by atoms with van der Waals surface area (Å²) in [6.45, 7) is -1.45. The molecule has 0 aromatic heterocycles. The Kier molecular flexibility index (Phi) is 6.03. The number of benzene rings is 2. The Hall–Kier alpha value is -3.22. The number of ether oxygens (including phenoxy) is 1. The third-order valence-corrected chi connectivity index (χ3v) is 4.51. The fourth-order valence-corrected chi connectivity index (χ4v) is 3.22. The monoisotopic (exact) mass is 386 g/mol. The minimum Gasteiger partial charge on any atom is -0.434 e. The van der Waals surface area contributed by atoms with E-state index >= 15 is 0 Å². The van der Waals surface area contributed by atoms with Crippen LogP contribution in [0, 0.1) is 0 Å². The number of amides is 2. The first kappa shape index (κ1) is 19.5. The number of hydrogen-bond donors (Lipinski definition) is 1. The molecule has 1 aliphatic heterocycles. The summed E-state index contributed by atoms with van der Waals surface area (Å²) >= 11 is 0. The largest absolute Gasteiger partial charge is 0.434 e. The van der Waals surface area contributed by atoms with Crippen molar-refractivity contribution in [2.45, 2.75) is 32.5 Å². The van der Waals surface area contributed by atoms with Crippen LogP contribution in [0.15, 0.2) is 54.7 Å². The quantitative estimate of drug-likeness (QED) is 0.820. The molecule has 0 fully saturated rings. The standard InChI is InChI=1S/C21H20F2N2O3/c1-14(26)25-11-10-15-6-2-4-8-17(15)18(25)12-20(27)24-13-16-7-3-5-9-19(16)28-21(22)23/h2-11,18,21H,12-13H2,1H3,(H,24,27). The van der Waals surface area contributed by atoms with E-state index in [9.17, 15) is 18.4 Å². The molecule has 0 radical (unpaired) electrons. The van der Waals surface area contributed by atoms with Crippen LogP contribution in [-0.4, -0.2) is 23.3 Å². The summed E-state index contributed by atoms with van der Waals surface area (Å²) in [5.41, 5.74) is 2.29. The van der Waals surface area contributed by atoms with E-state index in [1.807, 2.05) is 30.3 Å². The molecule has 1 atom stereocenters. The van der Waals surface area contributed by atoms with Crippen molar-refractivity contribution in [3.05, 3.63) is 71.4 Å². The minimum absolute atomic E-state index is 0.0223. The van der Waals surface area contributed by atoms with Gasteiger partial charge in [0.2, 0.25) is 11.8 Å². The smallest absolute Gasteiger partial charge is 0.387 e. The van der Waals surface area contributed by atoms with E-state index in [1.165, 1.54) is 17.9 Å². The first-order valence-corrected chi connectivity index (χ1v) is 8.81. The highest BCUT2D eigenvalue weighted by Crippen LogP contribution is 2.32. The van der Waals surface area contributed by atoms with Crippen LogP contribution in [-0.2, 0) is 16.1 Å². The number of fused-ring (bicyclic) bond motifs is 1. The van der Waals surface area contributed by atoms with Gasteiger partial charge < -0.3 is 15.0 Å². The van der Waals surface area contributed by atoms with Crippen LogP contribution >= 0.6 is 0 Å². The molecule has 0 spiro atoms. The number of rotatable bonds is 6. The molecule has 5 nitrogen and oxygen atoms in total. The number of nitrogens with zero attached hydrogens (tertiary/aromatic N) is 1. The predicted molar refractivity (Wildman–Crippen MR) is 100 cm³/mol. The van der Waals surface area contributed by atoms with Gasteiger partial charge >= 0.3 is 6.61 Å². The second kappa shape index (κ2) is 8.65.